The predicted molar refractivity (Wildman–Crippen MR) is 85.4 cm³/mol. The summed E-state index contributed by atoms with van der Waals surface area (Å²) in [5.41, 5.74) is 0. The minimum atomic E-state index is 0.660. The highest BCUT2D eigenvalue weighted by Crippen LogP contribution is 2.39. The van der Waals surface area contributed by atoms with E-state index in [1.165, 1.54) is 18.0 Å². The number of amidine groups is 1. The largest absolute Gasteiger partial charge is 0.379 e. The third kappa shape index (κ3) is 3.49. The first-order valence-corrected chi connectivity index (χ1v) is 8.88. The van der Waals surface area contributed by atoms with Crippen molar-refractivity contribution in [1.82, 2.24) is 10.2 Å². The van der Waals surface area contributed by atoms with Crippen LogP contribution in [0.1, 0.15) is 26.7 Å². The number of nitrogens with one attached hydrogen (secondary N) is 1. The zero-order chi connectivity index (χ0) is 13.9. The summed E-state index contributed by atoms with van der Waals surface area (Å²) in [4.78, 5) is 7.23. The number of rotatable bonds is 3. The lowest BCUT2D eigenvalue weighted by molar-refractivity contribution is 0.0394. The molecule has 0 radical (unpaired) electrons. The molecule has 0 amide bonds. The summed E-state index contributed by atoms with van der Waals surface area (Å²) in [7, 11) is 0. The van der Waals surface area contributed by atoms with Crippen LogP contribution in [0, 0.1) is 11.8 Å². The van der Waals surface area contributed by atoms with Crippen LogP contribution in [0.2, 0.25) is 0 Å². The van der Waals surface area contributed by atoms with E-state index in [-0.39, 0.29) is 0 Å². The highest BCUT2D eigenvalue weighted by Gasteiger charge is 2.38. The monoisotopic (exact) mass is 297 g/mol. The molecule has 0 aromatic rings. The quantitative estimate of drug-likeness (QED) is 0.862. The molecular formula is C15H27N3OS. The molecule has 3 fully saturated rings. The molecule has 0 aromatic carbocycles. The minimum absolute atomic E-state index is 0.660. The van der Waals surface area contributed by atoms with Gasteiger partial charge in [-0.25, -0.2) is 0 Å². The van der Waals surface area contributed by atoms with Crippen LogP contribution in [-0.4, -0.2) is 60.8 Å². The minimum Gasteiger partial charge on any atom is -0.379 e. The lowest BCUT2D eigenvalue weighted by Crippen LogP contribution is -2.40. The van der Waals surface area contributed by atoms with Gasteiger partial charge in [0, 0.05) is 30.9 Å². The number of fused-ring (bicyclic) bond motifs is 1. The van der Waals surface area contributed by atoms with Crippen molar-refractivity contribution >= 4 is 16.9 Å². The Kier molecular flexibility index (Phi) is 4.89. The van der Waals surface area contributed by atoms with Crippen LogP contribution in [0.25, 0.3) is 0 Å². The van der Waals surface area contributed by atoms with E-state index in [9.17, 15) is 0 Å². The SMILES string of the molecule is CC1CC2NC(=NCCN3CCOCC3)SC2CC1C. The van der Waals surface area contributed by atoms with Crippen LogP contribution in [0.15, 0.2) is 4.99 Å². The van der Waals surface area contributed by atoms with E-state index in [4.69, 9.17) is 9.73 Å². The third-order valence-electron chi connectivity index (χ3n) is 5.00. The first-order chi connectivity index (χ1) is 9.72. The van der Waals surface area contributed by atoms with Gasteiger partial charge in [0.1, 0.15) is 0 Å². The Morgan fingerprint density at radius 3 is 2.80 bits per heavy atom. The maximum atomic E-state index is 5.37. The van der Waals surface area contributed by atoms with E-state index in [1.807, 2.05) is 11.8 Å². The molecule has 0 aromatic heterocycles. The van der Waals surface area contributed by atoms with Crippen molar-refractivity contribution < 1.29 is 4.74 Å². The second kappa shape index (κ2) is 6.67. The standard InChI is InChI=1S/C15H27N3OS/c1-11-9-13-14(10-12(11)2)20-15(17-13)16-3-4-18-5-7-19-8-6-18/h11-14H,3-10H2,1-2H3,(H,16,17). The van der Waals surface area contributed by atoms with Crippen molar-refractivity contribution in [2.24, 2.45) is 16.8 Å². The maximum absolute atomic E-state index is 5.37. The average molecular weight is 297 g/mol. The van der Waals surface area contributed by atoms with Crippen molar-refractivity contribution in [3.05, 3.63) is 0 Å². The van der Waals surface area contributed by atoms with Gasteiger partial charge in [0.05, 0.1) is 19.8 Å². The van der Waals surface area contributed by atoms with E-state index < -0.39 is 0 Å². The van der Waals surface area contributed by atoms with Gasteiger partial charge in [-0.2, -0.15) is 0 Å². The molecule has 2 saturated heterocycles. The van der Waals surface area contributed by atoms with Crippen LogP contribution in [0.3, 0.4) is 0 Å². The van der Waals surface area contributed by atoms with Gasteiger partial charge in [0.25, 0.3) is 0 Å². The Balaban J connectivity index is 1.45. The molecule has 20 heavy (non-hydrogen) atoms. The molecule has 4 nitrogen and oxygen atoms in total. The number of aliphatic imine (C=N–C) groups is 1. The van der Waals surface area contributed by atoms with E-state index >= 15 is 0 Å². The molecule has 4 atom stereocenters. The Morgan fingerprint density at radius 2 is 2.00 bits per heavy atom. The summed E-state index contributed by atoms with van der Waals surface area (Å²) in [6.45, 7) is 10.7. The van der Waals surface area contributed by atoms with Crippen LogP contribution in [-0.2, 0) is 4.74 Å². The Morgan fingerprint density at radius 1 is 1.25 bits per heavy atom. The fourth-order valence-corrected chi connectivity index (χ4v) is 4.78. The smallest absolute Gasteiger partial charge is 0.157 e. The molecule has 5 heteroatoms. The van der Waals surface area contributed by atoms with Gasteiger partial charge in [-0.05, 0) is 24.7 Å². The fraction of sp³-hybridized carbons (Fsp3) is 0.933. The average Bonchev–Trinajstić information content (AvgIpc) is 2.82. The summed E-state index contributed by atoms with van der Waals surface area (Å²) in [6, 6.07) is 0.660. The van der Waals surface area contributed by atoms with Gasteiger partial charge >= 0.3 is 0 Å². The summed E-state index contributed by atoms with van der Waals surface area (Å²) in [6.07, 6.45) is 2.65. The molecule has 0 bridgehead atoms. The van der Waals surface area contributed by atoms with Crippen LogP contribution < -0.4 is 5.32 Å². The molecule has 2 aliphatic heterocycles. The van der Waals surface area contributed by atoms with Gasteiger partial charge in [0.15, 0.2) is 5.17 Å². The molecule has 0 spiro atoms. The zero-order valence-corrected chi connectivity index (χ0v) is 13.5. The Labute approximate surface area is 126 Å². The lowest BCUT2D eigenvalue weighted by atomic mass is 9.79. The highest BCUT2D eigenvalue weighted by molar-refractivity contribution is 8.14. The summed E-state index contributed by atoms with van der Waals surface area (Å²) >= 11 is 1.98. The first-order valence-electron chi connectivity index (χ1n) is 8.00. The van der Waals surface area contributed by atoms with Gasteiger partial charge in [0.2, 0.25) is 0 Å². The number of morpholine rings is 1. The van der Waals surface area contributed by atoms with E-state index in [1.54, 1.807) is 0 Å². The number of thioether (sulfide) groups is 1. The van der Waals surface area contributed by atoms with Gasteiger partial charge in [-0.15, -0.1) is 0 Å². The molecule has 1 N–H and O–H groups in total. The van der Waals surface area contributed by atoms with Crippen LogP contribution >= 0.6 is 11.8 Å². The number of nitrogens with zero attached hydrogens (tertiary/aromatic N) is 2. The number of ether oxygens (including phenoxy) is 1. The van der Waals surface area contributed by atoms with Crippen molar-refractivity contribution in [1.29, 1.82) is 0 Å². The summed E-state index contributed by atoms with van der Waals surface area (Å²) < 4.78 is 5.37. The number of hydrogen-bond acceptors (Lipinski definition) is 4. The normalized spacial score (nSPS) is 40.6. The first kappa shape index (κ1) is 14.7. The van der Waals surface area contributed by atoms with Crippen molar-refractivity contribution in [2.45, 2.75) is 38.0 Å². The molecule has 114 valence electrons. The Hall–Kier alpha value is -0.260. The van der Waals surface area contributed by atoms with Crippen molar-refractivity contribution in [3.8, 4) is 0 Å². The highest BCUT2D eigenvalue weighted by atomic mass is 32.2. The maximum Gasteiger partial charge on any atom is 0.157 e. The topological polar surface area (TPSA) is 36.9 Å². The van der Waals surface area contributed by atoms with E-state index in [0.717, 1.165) is 56.5 Å². The van der Waals surface area contributed by atoms with Gasteiger partial charge < -0.3 is 10.1 Å². The summed E-state index contributed by atoms with van der Waals surface area (Å²) in [5.74, 6) is 1.70. The molecular weight excluding hydrogens is 270 g/mol. The molecule has 1 aliphatic carbocycles. The molecule has 1 saturated carbocycles. The molecule has 2 heterocycles. The van der Waals surface area contributed by atoms with Crippen molar-refractivity contribution in [2.75, 3.05) is 39.4 Å². The molecule has 3 aliphatic rings. The van der Waals surface area contributed by atoms with E-state index in [2.05, 4.69) is 24.1 Å². The van der Waals surface area contributed by atoms with Crippen molar-refractivity contribution in [3.63, 3.8) is 0 Å². The molecule has 4 unspecified atom stereocenters. The lowest BCUT2D eigenvalue weighted by Gasteiger charge is -2.33. The second-order valence-corrected chi connectivity index (χ2v) is 7.70. The van der Waals surface area contributed by atoms with Crippen LogP contribution in [0.5, 0.6) is 0 Å². The Bertz CT molecular complexity index is 337. The predicted octanol–water partition coefficient (Wildman–Crippen LogP) is 1.81. The second-order valence-electron chi connectivity index (χ2n) is 6.47. The zero-order valence-electron chi connectivity index (χ0n) is 12.7. The summed E-state index contributed by atoms with van der Waals surface area (Å²) in [5, 5.41) is 5.59. The van der Waals surface area contributed by atoms with Gasteiger partial charge in [-0.1, -0.05) is 25.6 Å². The molecule has 3 rings (SSSR count). The van der Waals surface area contributed by atoms with Crippen LogP contribution in [0.4, 0.5) is 0 Å². The number of hydrogen-bond donors (Lipinski definition) is 1. The van der Waals surface area contributed by atoms with Gasteiger partial charge in [-0.3, -0.25) is 9.89 Å². The third-order valence-corrected chi connectivity index (χ3v) is 6.29. The van der Waals surface area contributed by atoms with E-state index in [0.29, 0.717) is 6.04 Å². The fourth-order valence-electron chi connectivity index (χ4n) is 3.37.